The minimum absolute atomic E-state index is 0.0768. The molecule has 0 fully saturated rings. The third kappa shape index (κ3) is 3.92. The topological polar surface area (TPSA) is 79.8 Å². The number of aryl methyl sites for hydroxylation is 2. The van der Waals surface area contributed by atoms with Crippen LogP contribution in [0.2, 0.25) is 0 Å². The van der Waals surface area contributed by atoms with Crippen LogP contribution in [-0.2, 0) is 11.3 Å². The van der Waals surface area contributed by atoms with Crippen LogP contribution in [0, 0.1) is 6.92 Å². The summed E-state index contributed by atoms with van der Waals surface area (Å²) in [6, 6.07) is 16.0. The lowest BCUT2D eigenvalue weighted by Gasteiger charge is -2.13. The molecule has 6 heteroatoms. The Hall–Kier alpha value is -3.41. The summed E-state index contributed by atoms with van der Waals surface area (Å²) in [4.78, 5) is 32.7. The molecule has 2 heterocycles. The van der Waals surface area contributed by atoms with Gasteiger partial charge >= 0.3 is 0 Å². The molecule has 6 nitrogen and oxygen atoms in total. The fourth-order valence-corrected chi connectivity index (χ4v) is 3.54. The maximum Gasteiger partial charge on any atom is 0.277 e. The van der Waals surface area contributed by atoms with E-state index in [1.807, 2.05) is 43.3 Å². The first kappa shape index (κ1) is 18.9. The SMILES string of the molecule is Cc1ccc2[nH]c3c(=O)n(CCC(=O)NC[C@@H](C)c4ccccc4)cnc3c2c1. The summed E-state index contributed by atoms with van der Waals surface area (Å²) in [7, 11) is 0. The van der Waals surface area contributed by atoms with Crippen LogP contribution in [-0.4, -0.2) is 27.0 Å². The van der Waals surface area contributed by atoms with Crippen LogP contribution < -0.4 is 10.9 Å². The number of H-pyrrole nitrogens is 1. The summed E-state index contributed by atoms with van der Waals surface area (Å²) in [6.45, 7) is 4.95. The number of hydrogen-bond acceptors (Lipinski definition) is 3. The largest absolute Gasteiger partial charge is 0.355 e. The van der Waals surface area contributed by atoms with E-state index in [0.717, 1.165) is 16.5 Å². The number of carbonyl (C=O) groups is 1. The maximum absolute atomic E-state index is 12.8. The molecular formula is C23H24N4O2. The standard InChI is InChI=1S/C23H24N4O2/c1-15-8-9-19-18(12-15)21-22(26-19)23(29)27(14-25-21)11-10-20(28)24-13-16(2)17-6-4-3-5-7-17/h3-9,12,14,16,26H,10-11,13H2,1-2H3,(H,24,28)/t16-/m1/s1. The first-order chi connectivity index (χ1) is 14.0. The number of benzene rings is 2. The Morgan fingerprint density at radius 3 is 2.79 bits per heavy atom. The summed E-state index contributed by atoms with van der Waals surface area (Å²) < 4.78 is 1.49. The van der Waals surface area contributed by atoms with Crippen molar-refractivity contribution in [3.05, 3.63) is 76.3 Å². The first-order valence-electron chi connectivity index (χ1n) is 9.82. The summed E-state index contributed by atoms with van der Waals surface area (Å²) in [5.74, 6) is 0.155. The van der Waals surface area contributed by atoms with Gasteiger partial charge in [0, 0.05) is 30.4 Å². The average molecular weight is 388 g/mol. The average Bonchev–Trinajstić information content (AvgIpc) is 3.11. The molecule has 2 N–H and O–H groups in total. The molecule has 0 aliphatic heterocycles. The van der Waals surface area contributed by atoms with Crippen molar-refractivity contribution >= 4 is 27.8 Å². The maximum atomic E-state index is 12.8. The van der Waals surface area contributed by atoms with Gasteiger partial charge in [-0.3, -0.25) is 14.2 Å². The van der Waals surface area contributed by atoms with Gasteiger partial charge in [0.05, 0.1) is 6.33 Å². The lowest BCUT2D eigenvalue weighted by molar-refractivity contribution is -0.121. The Balaban J connectivity index is 1.43. The quantitative estimate of drug-likeness (QED) is 0.531. The van der Waals surface area contributed by atoms with Crippen molar-refractivity contribution in [1.82, 2.24) is 19.9 Å². The van der Waals surface area contributed by atoms with Gasteiger partial charge < -0.3 is 10.3 Å². The smallest absolute Gasteiger partial charge is 0.277 e. The highest BCUT2D eigenvalue weighted by Gasteiger charge is 2.12. The van der Waals surface area contributed by atoms with Gasteiger partial charge in [0.25, 0.3) is 5.56 Å². The number of carbonyl (C=O) groups excluding carboxylic acids is 1. The monoisotopic (exact) mass is 388 g/mol. The minimum Gasteiger partial charge on any atom is -0.355 e. The number of nitrogens with zero attached hydrogens (tertiary/aromatic N) is 2. The van der Waals surface area contributed by atoms with Crippen molar-refractivity contribution < 1.29 is 4.79 Å². The zero-order chi connectivity index (χ0) is 20.4. The molecule has 0 spiro atoms. The molecule has 0 bridgehead atoms. The highest BCUT2D eigenvalue weighted by molar-refractivity contribution is 6.04. The molecule has 0 saturated carbocycles. The lowest BCUT2D eigenvalue weighted by Crippen LogP contribution is -2.30. The normalized spacial score (nSPS) is 12.3. The highest BCUT2D eigenvalue weighted by Crippen LogP contribution is 2.22. The van der Waals surface area contributed by atoms with Crippen LogP contribution in [0.1, 0.15) is 30.4 Å². The van der Waals surface area contributed by atoms with Crippen LogP contribution in [0.4, 0.5) is 0 Å². The highest BCUT2D eigenvalue weighted by atomic mass is 16.1. The molecule has 4 aromatic rings. The second-order valence-electron chi connectivity index (χ2n) is 7.51. The van der Waals surface area contributed by atoms with E-state index in [1.165, 1.54) is 16.5 Å². The van der Waals surface area contributed by atoms with E-state index in [-0.39, 0.29) is 23.8 Å². The number of fused-ring (bicyclic) bond motifs is 3. The van der Waals surface area contributed by atoms with Gasteiger partial charge in [0.1, 0.15) is 11.0 Å². The molecule has 0 aliphatic rings. The molecule has 1 atom stereocenters. The Kier molecular flexibility index (Phi) is 5.16. The molecule has 148 valence electrons. The van der Waals surface area contributed by atoms with E-state index in [2.05, 4.69) is 34.3 Å². The van der Waals surface area contributed by atoms with Crippen molar-refractivity contribution in [3.63, 3.8) is 0 Å². The zero-order valence-electron chi connectivity index (χ0n) is 16.6. The summed E-state index contributed by atoms with van der Waals surface area (Å²) in [5.41, 5.74) is 4.19. The van der Waals surface area contributed by atoms with E-state index in [9.17, 15) is 9.59 Å². The number of hydrogen-bond donors (Lipinski definition) is 2. The Bertz CT molecular complexity index is 1220. The Labute approximate surface area is 168 Å². The predicted molar refractivity (Wildman–Crippen MR) is 115 cm³/mol. The fraction of sp³-hybridized carbons (Fsp3) is 0.261. The Morgan fingerprint density at radius 1 is 1.21 bits per heavy atom. The predicted octanol–water partition coefficient (Wildman–Crippen LogP) is 3.50. The molecular weight excluding hydrogens is 364 g/mol. The number of amides is 1. The second-order valence-corrected chi connectivity index (χ2v) is 7.51. The molecule has 1 amide bonds. The molecule has 2 aromatic carbocycles. The van der Waals surface area contributed by atoms with E-state index >= 15 is 0 Å². The van der Waals surface area contributed by atoms with Gasteiger partial charge in [-0.25, -0.2) is 4.98 Å². The molecule has 2 aromatic heterocycles. The van der Waals surface area contributed by atoms with Crippen LogP contribution in [0.5, 0.6) is 0 Å². The van der Waals surface area contributed by atoms with E-state index in [1.54, 1.807) is 0 Å². The van der Waals surface area contributed by atoms with Crippen molar-refractivity contribution in [3.8, 4) is 0 Å². The molecule has 0 aliphatic carbocycles. The van der Waals surface area contributed by atoms with E-state index in [4.69, 9.17) is 0 Å². The van der Waals surface area contributed by atoms with Crippen molar-refractivity contribution in [2.75, 3.05) is 6.54 Å². The van der Waals surface area contributed by atoms with E-state index in [0.29, 0.717) is 24.1 Å². The lowest BCUT2D eigenvalue weighted by atomic mass is 10.0. The van der Waals surface area contributed by atoms with Crippen molar-refractivity contribution in [2.45, 2.75) is 32.7 Å². The molecule has 0 unspecified atom stereocenters. The summed E-state index contributed by atoms with van der Waals surface area (Å²) >= 11 is 0. The van der Waals surface area contributed by atoms with Gasteiger partial charge in [0.2, 0.25) is 5.91 Å². The number of rotatable bonds is 6. The summed E-state index contributed by atoms with van der Waals surface area (Å²) in [6.07, 6.45) is 1.76. The summed E-state index contributed by atoms with van der Waals surface area (Å²) in [5, 5.41) is 3.89. The molecule has 0 saturated heterocycles. The Morgan fingerprint density at radius 2 is 2.00 bits per heavy atom. The van der Waals surface area contributed by atoms with Gasteiger partial charge in [0.15, 0.2) is 0 Å². The first-order valence-corrected chi connectivity index (χ1v) is 9.82. The number of aromatic amines is 1. The van der Waals surface area contributed by atoms with Crippen LogP contribution in [0.25, 0.3) is 21.9 Å². The van der Waals surface area contributed by atoms with Gasteiger partial charge in [-0.2, -0.15) is 0 Å². The third-order valence-corrected chi connectivity index (χ3v) is 5.28. The number of aromatic nitrogens is 3. The van der Waals surface area contributed by atoms with Gasteiger partial charge in [-0.1, -0.05) is 48.9 Å². The van der Waals surface area contributed by atoms with Gasteiger partial charge in [-0.05, 0) is 30.5 Å². The van der Waals surface area contributed by atoms with Crippen molar-refractivity contribution in [1.29, 1.82) is 0 Å². The van der Waals surface area contributed by atoms with Crippen LogP contribution in [0.15, 0.2) is 59.7 Å². The molecule has 29 heavy (non-hydrogen) atoms. The minimum atomic E-state index is -0.158. The van der Waals surface area contributed by atoms with Crippen LogP contribution in [0.3, 0.4) is 0 Å². The zero-order valence-corrected chi connectivity index (χ0v) is 16.6. The number of nitrogens with one attached hydrogen (secondary N) is 2. The van der Waals surface area contributed by atoms with Gasteiger partial charge in [-0.15, -0.1) is 0 Å². The third-order valence-electron chi connectivity index (χ3n) is 5.28. The molecule has 4 rings (SSSR count). The van der Waals surface area contributed by atoms with Crippen molar-refractivity contribution in [2.24, 2.45) is 0 Å². The second kappa shape index (κ2) is 7.91. The molecule has 0 radical (unpaired) electrons. The fourth-order valence-electron chi connectivity index (χ4n) is 3.54. The van der Waals surface area contributed by atoms with E-state index < -0.39 is 0 Å². The van der Waals surface area contributed by atoms with Crippen LogP contribution >= 0.6 is 0 Å².